The molecule has 0 unspecified atom stereocenters. The molecule has 3 fully saturated rings. The number of aromatic carboxylic acids is 1. The molecule has 1 aromatic heterocycles. The van der Waals surface area contributed by atoms with Crippen molar-refractivity contribution in [2.75, 3.05) is 26.2 Å². The SMILES string of the molecule is O=C([O-])c1cccc2n[nH]c(CNCC34CCN(CC3)CC4)c12.[Li+]. The van der Waals surface area contributed by atoms with Gasteiger partial charge in [0.05, 0.1) is 17.2 Å². The van der Waals surface area contributed by atoms with Crippen molar-refractivity contribution in [3.8, 4) is 0 Å². The monoisotopic (exact) mass is 320 g/mol. The third kappa shape index (κ3) is 3.12. The van der Waals surface area contributed by atoms with E-state index < -0.39 is 5.97 Å². The van der Waals surface area contributed by atoms with Crippen LogP contribution in [0.5, 0.6) is 0 Å². The average molecular weight is 320 g/mol. The molecule has 6 nitrogen and oxygen atoms in total. The van der Waals surface area contributed by atoms with E-state index in [-0.39, 0.29) is 24.4 Å². The van der Waals surface area contributed by atoms with Crippen molar-refractivity contribution in [1.82, 2.24) is 20.4 Å². The number of nitrogens with zero attached hydrogens (tertiary/aromatic N) is 2. The van der Waals surface area contributed by atoms with Crippen LogP contribution in [-0.4, -0.2) is 47.2 Å². The zero-order valence-corrected chi connectivity index (χ0v) is 14.1. The minimum Gasteiger partial charge on any atom is -0.545 e. The number of H-pyrrole nitrogens is 1. The van der Waals surface area contributed by atoms with Gasteiger partial charge in [-0.05, 0) is 50.4 Å². The molecule has 0 spiro atoms. The predicted molar refractivity (Wildman–Crippen MR) is 84.9 cm³/mol. The molecule has 7 heteroatoms. The third-order valence-corrected chi connectivity index (χ3v) is 5.55. The van der Waals surface area contributed by atoms with Gasteiger partial charge >= 0.3 is 18.9 Å². The second-order valence-corrected chi connectivity index (χ2v) is 6.88. The molecule has 0 aliphatic carbocycles. The summed E-state index contributed by atoms with van der Waals surface area (Å²) in [6.45, 7) is 5.22. The first-order valence-electron chi connectivity index (χ1n) is 8.27. The molecule has 2 N–H and O–H groups in total. The van der Waals surface area contributed by atoms with Gasteiger partial charge in [0.25, 0.3) is 0 Å². The Kier molecular flexibility index (Phi) is 5.02. The molecule has 122 valence electrons. The predicted octanol–water partition coefficient (Wildman–Crippen LogP) is -2.49. The van der Waals surface area contributed by atoms with E-state index in [1.54, 1.807) is 12.1 Å². The van der Waals surface area contributed by atoms with Crippen LogP contribution in [0.15, 0.2) is 18.2 Å². The van der Waals surface area contributed by atoms with Gasteiger partial charge < -0.3 is 20.1 Å². The summed E-state index contributed by atoms with van der Waals surface area (Å²) < 4.78 is 0. The van der Waals surface area contributed by atoms with Crippen LogP contribution in [0.25, 0.3) is 10.9 Å². The molecular weight excluding hydrogens is 299 g/mol. The van der Waals surface area contributed by atoms with Crippen molar-refractivity contribution in [2.24, 2.45) is 5.41 Å². The quantitative estimate of drug-likeness (QED) is 0.596. The van der Waals surface area contributed by atoms with Gasteiger partial charge in [0.2, 0.25) is 0 Å². The number of hydrogen-bond donors (Lipinski definition) is 2. The zero-order valence-electron chi connectivity index (χ0n) is 14.1. The average Bonchev–Trinajstić information content (AvgIpc) is 2.99. The molecule has 0 atom stereocenters. The van der Waals surface area contributed by atoms with Crippen molar-refractivity contribution in [3.05, 3.63) is 29.5 Å². The Morgan fingerprint density at radius 3 is 2.67 bits per heavy atom. The van der Waals surface area contributed by atoms with Crippen LogP contribution < -0.4 is 29.3 Å². The summed E-state index contributed by atoms with van der Waals surface area (Å²) in [5.41, 5.74) is 2.12. The van der Waals surface area contributed by atoms with Gasteiger partial charge in [-0.3, -0.25) is 5.10 Å². The summed E-state index contributed by atoms with van der Waals surface area (Å²) >= 11 is 0. The number of carboxylic acid groups (broad SMARTS) is 1. The molecule has 4 heterocycles. The van der Waals surface area contributed by atoms with Crippen molar-refractivity contribution in [3.63, 3.8) is 0 Å². The van der Waals surface area contributed by atoms with Gasteiger partial charge in [-0.1, -0.05) is 12.1 Å². The summed E-state index contributed by atoms with van der Waals surface area (Å²) in [6.07, 6.45) is 3.77. The molecular formula is C17H21LiN4O2. The number of piperidine rings is 3. The van der Waals surface area contributed by atoms with Gasteiger partial charge in [0, 0.05) is 24.0 Å². The van der Waals surface area contributed by atoms with Gasteiger partial charge in [-0.2, -0.15) is 5.10 Å². The van der Waals surface area contributed by atoms with Crippen molar-refractivity contribution < 1.29 is 28.8 Å². The smallest absolute Gasteiger partial charge is 0.545 e. The van der Waals surface area contributed by atoms with Crippen molar-refractivity contribution >= 4 is 16.9 Å². The normalized spacial score (nSPS) is 25.6. The fourth-order valence-electron chi connectivity index (χ4n) is 4.05. The molecule has 3 aliphatic rings. The van der Waals surface area contributed by atoms with E-state index in [9.17, 15) is 9.90 Å². The first-order valence-corrected chi connectivity index (χ1v) is 8.27. The Bertz CT molecular complexity index is 723. The summed E-state index contributed by atoms with van der Waals surface area (Å²) in [5, 5.41) is 22.7. The maximum Gasteiger partial charge on any atom is 1.00 e. The number of carbonyl (C=O) groups is 1. The molecule has 5 rings (SSSR count). The van der Waals surface area contributed by atoms with Gasteiger partial charge in [-0.15, -0.1) is 0 Å². The maximum atomic E-state index is 11.3. The molecule has 3 aliphatic heterocycles. The molecule has 1 aromatic carbocycles. The van der Waals surface area contributed by atoms with Crippen LogP contribution in [0.2, 0.25) is 0 Å². The van der Waals surface area contributed by atoms with Crippen LogP contribution in [0.1, 0.15) is 35.3 Å². The van der Waals surface area contributed by atoms with Crippen LogP contribution in [0, 0.1) is 5.41 Å². The number of carboxylic acids is 1. The second-order valence-electron chi connectivity index (χ2n) is 6.88. The van der Waals surface area contributed by atoms with E-state index in [4.69, 9.17) is 0 Å². The first-order chi connectivity index (χ1) is 11.2. The van der Waals surface area contributed by atoms with E-state index >= 15 is 0 Å². The van der Waals surface area contributed by atoms with Crippen molar-refractivity contribution in [2.45, 2.75) is 25.8 Å². The van der Waals surface area contributed by atoms with E-state index in [0.29, 0.717) is 22.9 Å². The molecule has 2 aromatic rings. The van der Waals surface area contributed by atoms with Crippen LogP contribution >= 0.6 is 0 Å². The standard InChI is InChI=1S/C17H22N4O2.Li/c22-16(23)12-2-1-3-13-15(12)14(20-19-13)10-18-11-17-4-7-21(8-5-17)9-6-17;/h1-3,18H,4-11H2,(H,19,20)(H,22,23);/q;+1/p-1. The van der Waals surface area contributed by atoms with Gasteiger partial charge in [-0.25, -0.2) is 0 Å². The Balaban J connectivity index is 0.00000169. The second kappa shape index (κ2) is 6.89. The Labute approximate surface area is 153 Å². The fraction of sp³-hybridized carbons (Fsp3) is 0.529. The largest absolute Gasteiger partial charge is 1.00 e. The fourth-order valence-corrected chi connectivity index (χ4v) is 4.05. The summed E-state index contributed by atoms with van der Waals surface area (Å²) in [6, 6.07) is 5.09. The Hall–Kier alpha value is -1.32. The number of carbonyl (C=O) groups excluding carboxylic acids is 1. The minimum absolute atomic E-state index is 0. The minimum atomic E-state index is -1.16. The topological polar surface area (TPSA) is 84.1 Å². The zero-order chi connectivity index (χ0) is 15.9. The van der Waals surface area contributed by atoms with Gasteiger partial charge in [0.15, 0.2) is 0 Å². The summed E-state index contributed by atoms with van der Waals surface area (Å²) in [5.74, 6) is -1.16. The molecule has 0 amide bonds. The number of rotatable bonds is 5. The summed E-state index contributed by atoms with van der Waals surface area (Å²) in [4.78, 5) is 13.8. The molecule has 2 bridgehead atoms. The number of hydrogen-bond acceptors (Lipinski definition) is 5. The molecule has 3 saturated heterocycles. The Morgan fingerprint density at radius 2 is 2.00 bits per heavy atom. The molecule has 0 radical (unpaired) electrons. The Morgan fingerprint density at radius 1 is 1.29 bits per heavy atom. The number of nitrogens with one attached hydrogen (secondary N) is 2. The third-order valence-electron chi connectivity index (χ3n) is 5.55. The van der Waals surface area contributed by atoms with Gasteiger partial charge in [0.1, 0.15) is 0 Å². The van der Waals surface area contributed by atoms with Crippen LogP contribution in [-0.2, 0) is 6.54 Å². The van der Waals surface area contributed by atoms with Crippen LogP contribution in [0.4, 0.5) is 0 Å². The van der Waals surface area contributed by atoms with E-state index in [2.05, 4.69) is 20.4 Å². The summed E-state index contributed by atoms with van der Waals surface area (Å²) in [7, 11) is 0. The number of fused-ring (bicyclic) bond motifs is 4. The number of aromatic nitrogens is 2. The van der Waals surface area contributed by atoms with E-state index in [1.807, 2.05) is 6.07 Å². The van der Waals surface area contributed by atoms with Crippen molar-refractivity contribution in [1.29, 1.82) is 0 Å². The number of benzene rings is 1. The van der Waals surface area contributed by atoms with E-state index in [0.717, 1.165) is 12.2 Å². The maximum absolute atomic E-state index is 11.3. The van der Waals surface area contributed by atoms with E-state index in [1.165, 1.54) is 38.9 Å². The number of aromatic amines is 1. The first kappa shape index (κ1) is 17.5. The molecule has 0 saturated carbocycles. The molecule has 24 heavy (non-hydrogen) atoms. The van der Waals surface area contributed by atoms with Crippen LogP contribution in [0.3, 0.4) is 0 Å².